The SMILES string of the molecule is Cc1ncsc1-c1ccc(CNC(=O)[C@@H]2C[C@@H](O)CN2C(=O)C(NC(=O)CCOC2CCN(c3ncc(C(=O)Nc4ccc(OC(F)(F)Cl)cc4)cc3-c3ccn[nH]3)C2)C(C)(C)C)cc1. The van der Waals surface area contributed by atoms with Gasteiger partial charge in [-0.3, -0.25) is 24.3 Å². The molecule has 2 saturated heterocycles. The van der Waals surface area contributed by atoms with E-state index in [1.54, 1.807) is 35.2 Å². The first kappa shape index (κ1) is 47.0. The Morgan fingerprint density at radius 3 is 2.46 bits per heavy atom. The van der Waals surface area contributed by atoms with Crippen molar-refractivity contribution in [3.8, 4) is 27.4 Å². The van der Waals surface area contributed by atoms with Crippen molar-refractivity contribution in [3.05, 3.63) is 95.4 Å². The summed E-state index contributed by atoms with van der Waals surface area (Å²) in [5.41, 5.74) is 1.86. The Morgan fingerprint density at radius 1 is 1.05 bits per heavy atom. The van der Waals surface area contributed by atoms with Gasteiger partial charge in [0, 0.05) is 74.3 Å². The van der Waals surface area contributed by atoms with Gasteiger partial charge < -0.3 is 40.3 Å². The zero-order valence-corrected chi connectivity index (χ0v) is 37.7. The number of aryl methyl sites for hydroxylation is 1. The van der Waals surface area contributed by atoms with E-state index in [4.69, 9.17) is 16.3 Å². The lowest BCUT2D eigenvalue weighted by atomic mass is 9.85. The minimum atomic E-state index is -3.87. The lowest BCUT2D eigenvalue weighted by Crippen LogP contribution is -2.57. The highest BCUT2D eigenvalue weighted by Crippen LogP contribution is 2.33. The standard InChI is InChI=1S/C45H50ClF2N9O7S/c1-26-38(65-25-51-26)28-7-5-27(6-8-28)21-50-42(61)36-20-31(58)23-57(36)43(62)39(44(2,3)4)54-37(59)15-18-63-33-14-17-56(24-33)40-34(35-13-16-52-55-35)19-29(22-49-40)41(60)53-30-9-11-32(12-10-30)64-45(46,47)48/h5-13,16,19,22,25,31,33,36,39,58H,14-15,17-18,20-21,23-24H2,1-4H3,(H,50,61)(H,52,55)(H,53,60)(H,54,59)/t31-,33?,36+,39?/m1/s1. The van der Waals surface area contributed by atoms with Gasteiger partial charge in [-0.15, -0.1) is 20.1 Å². The molecule has 65 heavy (non-hydrogen) atoms. The van der Waals surface area contributed by atoms with E-state index in [2.05, 4.69) is 40.9 Å². The summed E-state index contributed by atoms with van der Waals surface area (Å²) >= 11 is 6.40. The lowest BCUT2D eigenvalue weighted by molar-refractivity contribution is -0.144. The molecule has 20 heteroatoms. The monoisotopic (exact) mass is 933 g/mol. The summed E-state index contributed by atoms with van der Waals surface area (Å²) in [6, 6.07) is 14.6. The first-order valence-electron chi connectivity index (χ1n) is 21.0. The minimum Gasteiger partial charge on any atom is -0.420 e. The van der Waals surface area contributed by atoms with E-state index in [0.717, 1.165) is 21.7 Å². The van der Waals surface area contributed by atoms with Crippen molar-refractivity contribution in [3.63, 3.8) is 0 Å². The van der Waals surface area contributed by atoms with Crippen LogP contribution in [0.25, 0.3) is 21.7 Å². The van der Waals surface area contributed by atoms with Gasteiger partial charge in [-0.2, -0.15) is 5.10 Å². The van der Waals surface area contributed by atoms with E-state index in [9.17, 15) is 33.1 Å². The number of ether oxygens (including phenoxy) is 2. The van der Waals surface area contributed by atoms with Gasteiger partial charge in [-0.1, -0.05) is 45.0 Å². The summed E-state index contributed by atoms with van der Waals surface area (Å²) in [6.07, 6.45) is 2.55. The third-order valence-corrected chi connectivity index (χ3v) is 12.2. The lowest BCUT2D eigenvalue weighted by Gasteiger charge is -2.35. The normalized spacial score (nSPS) is 18.1. The predicted octanol–water partition coefficient (Wildman–Crippen LogP) is 6.12. The molecule has 2 aliphatic rings. The summed E-state index contributed by atoms with van der Waals surface area (Å²) in [7, 11) is 0. The second-order valence-corrected chi connectivity index (χ2v) is 18.3. The predicted molar refractivity (Wildman–Crippen MR) is 240 cm³/mol. The Hall–Kier alpha value is -6.02. The Morgan fingerprint density at radius 2 is 1.80 bits per heavy atom. The highest BCUT2D eigenvalue weighted by atomic mass is 35.5. The van der Waals surface area contributed by atoms with E-state index in [0.29, 0.717) is 42.3 Å². The Kier molecular flexibility index (Phi) is 14.5. The van der Waals surface area contributed by atoms with Crippen molar-refractivity contribution in [1.82, 2.24) is 35.7 Å². The zero-order valence-electron chi connectivity index (χ0n) is 36.1. The molecule has 5 aromatic rings. The number of hydrogen-bond donors (Lipinski definition) is 5. The van der Waals surface area contributed by atoms with Crippen molar-refractivity contribution >= 4 is 58.1 Å². The van der Waals surface area contributed by atoms with E-state index in [-0.39, 0.29) is 55.9 Å². The fourth-order valence-electron chi connectivity index (χ4n) is 7.77. The molecular formula is C45H50ClF2N9O7S. The largest absolute Gasteiger partial charge is 0.487 e. The van der Waals surface area contributed by atoms with E-state index in [1.807, 2.05) is 56.9 Å². The summed E-state index contributed by atoms with van der Waals surface area (Å²) in [5, 5.41) is 26.1. The number of likely N-dealkylation sites (tertiary alicyclic amines) is 1. The number of aromatic nitrogens is 4. The first-order chi connectivity index (χ1) is 30.9. The van der Waals surface area contributed by atoms with Crippen LogP contribution in [0.15, 0.2) is 78.6 Å². The molecule has 3 aromatic heterocycles. The molecule has 344 valence electrons. The number of aromatic amines is 1. The van der Waals surface area contributed by atoms with Gasteiger partial charge in [0.15, 0.2) is 0 Å². The van der Waals surface area contributed by atoms with E-state index >= 15 is 0 Å². The molecule has 7 rings (SSSR count). The van der Waals surface area contributed by atoms with Gasteiger partial charge in [0.1, 0.15) is 23.7 Å². The Labute approximate surface area is 383 Å². The average molecular weight is 934 g/mol. The second-order valence-electron chi connectivity index (χ2n) is 17.0. The number of aliphatic hydroxyl groups excluding tert-OH is 1. The number of halogens is 3. The molecule has 0 aliphatic carbocycles. The molecule has 2 aromatic carbocycles. The van der Waals surface area contributed by atoms with Gasteiger partial charge in [-0.05, 0) is 66.3 Å². The summed E-state index contributed by atoms with van der Waals surface area (Å²) in [5.74, 6) is -1.33. The molecule has 0 radical (unpaired) electrons. The maximum Gasteiger partial charge on any atom is 0.487 e. The topological polar surface area (TPSA) is 204 Å². The number of H-pyrrole nitrogens is 1. The van der Waals surface area contributed by atoms with E-state index < -0.39 is 46.9 Å². The molecule has 16 nitrogen and oxygen atoms in total. The fourth-order valence-corrected chi connectivity index (χ4v) is 8.67. The van der Waals surface area contributed by atoms with Gasteiger partial charge in [0.25, 0.3) is 5.91 Å². The number of carbonyl (C=O) groups is 4. The average Bonchev–Trinajstić information content (AvgIpc) is 4.10. The molecule has 5 heterocycles. The molecule has 4 atom stereocenters. The minimum absolute atomic E-state index is 0.0271. The van der Waals surface area contributed by atoms with Crippen molar-refractivity contribution in [1.29, 1.82) is 0 Å². The number of anilines is 2. The van der Waals surface area contributed by atoms with E-state index in [1.165, 1.54) is 35.4 Å². The molecule has 0 bridgehead atoms. The van der Waals surface area contributed by atoms with Crippen LogP contribution in [0.1, 0.15) is 61.6 Å². The van der Waals surface area contributed by atoms with Gasteiger partial charge in [0.05, 0.1) is 46.2 Å². The third kappa shape index (κ3) is 12.0. The van der Waals surface area contributed by atoms with Gasteiger partial charge in [0.2, 0.25) is 17.7 Å². The number of pyridine rings is 1. The number of amides is 4. The number of alkyl halides is 3. The number of thiazole rings is 1. The number of carbonyl (C=O) groups excluding carboxylic acids is 4. The van der Waals surface area contributed by atoms with Crippen LogP contribution >= 0.6 is 22.9 Å². The summed E-state index contributed by atoms with van der Waals surface area (Å²) in [4.78, 5) is 67.6. The fraction of sp³-hybridized carbons (Fsp3) is 0.400. The highest BCUT2D eigenvalue weighted by Gasteiger charge is 2.44. The van der Waals surface area contributed by atoms with Crippen LogP contribution in [-0.4, -0.2) is 110 Å². The molecule has 0 spiro atoms. The molecule has 2 aliphatic heterocycles. The molecule has 2 fully saturated rings. The smallest absolute Gasteiger partial charge is 0.420 e. The maximum atomic E-state index is 14.1. The Bertz CT molecular complexity index is 2460. The first-order valence-corrected chi connectivity index (χ1v) is 22.3. The summed E-state index contributed by atoms with van der Waals surface area (Å²) in [6.45, 7) is 8.73. The van der Waals surface area contributed by atoms with Crippen LogP contribution in [0.4, 0.5) is 20.3 Å². The number of β-amino-alcohol motifs (C(OH)–C–C–N with tert-alkyl or cyclic N) is 1. The number of aliphatic hydroxyl groups is 1. The summed E-state index contributed by atoms with van der Waals surface area (Å²) < 4.78 is 36.5. The van der Waals surface area contributed by atoms with Crippen LogP contribution in [0, 0.1) is 12.3 Å². The van der Waals surface area contributed by atoms with Gasteiger partial charge in [-0.25, -0.2) is 9.97 Å². The zero-order chi connectivity index (χ0) is 46.5. The highest BCUT2D eigenvalue weighted by molar-refractivity contribution is 7.13. The molecule has 5 N–H and O–H groups in total. The van der Waals surface area contributed by atoms with Crippen molar-refractivity contribution in [2.75, 3.05) is 36.5 Å². The third-order valence-electron chi connectivity index (χ3n) is 11.1. The molecule has 4 amide bonds. The molecule has 2 unspecified atom stereocenters. The second kappa shape index (κ2) is 20.0. The van der Waals surface area contributed by atoms with Crippen LogP contribution in [0.3, 0.4) is 0 Å². The Balaban J connectivity index is 0.913. The van der Waals surface area contributed by atoms with Crippen LogP contribution in [-0.2, 0) is 25.7 Å². The van der Waals surface area contributed by atoms with Crippen LogP contribution in [0.2, 0.25) is 0 Å². The number of rotatable bonds is 16. The van der Waals surface area contributed by atoms with Crippen molar-refractivity contribution in [2.45, 2.75) is 83.4 Å². The number of benzene rings is 2. The number of hydrogen-bond acceptors (Lipinski definition) is 12. The van der Waals surface area contributed by atoms with Crippen molar-refractivity contribution < 1.29 is 42.5 Å². The maximum absolute atomic E-state index is 14.1. The van der Waals surface area contributed by atoms with Gasteiger partial charge >= 0.3 is 5.57 Å². The van der Waals surface area contributed by atoms with Crippen LogP contribution < -0.4 is 25.6 Å². The number of nitrogens with zero attached hydrogens (tertiary/aromatic N) is 5. The molecule has 0 saturated carbocycles. The molecular weight excluding hydrogens is 884 g/mol. The quantitative estimate of drug-likeness (QED) is 0.0714. The van der Waals surface area contributed by atoms with Crippen molar-refractivity contribution in [2.24, 2.45) is 5.41 Å². The number of nitrogens with one attached hydrogen (secondary N) is 4. The van der Waals surface area contributed by atoms with Crippen LogP contribution in [0.5, 0.6) is 5.75 Å².